The van der Waals surface area contributed by atoms with Gasteiger partial charge < -0.3 is 24.8 Å². The molecule has 0 unspecified atom stereocenters. The van der Waals surface area contributed by atoms with Crippen molar-refractivity contribution >= 4 is 40.9 Å². The van der Waals surface area contributed by atoms with Crippen molar-refractivity contribution < 1.29 is 37.4 Å². The summed E-state index contributed by atoms with van der Waals surface area (Å²) in [7, 11) is 2.97. The van der Waals surface area contributed by atoms with Gasteiger partial charge in [0.1, 0.15) is 36.0 Å². The molecule has 2 N–H and O–H groups in total. The zero-order valence-corrected chi connectivity index (χ0v) is 29.9. The second kappa shape index (κ2) is 16.3. The number of carbonyl (C=O) groups excluding carboxylic acids is 3. The summed E-state index contributed by atoms with van der Waals surface area (Å²) < 4.78 is 47.6. The fraction of sp³-hybridized carbons (Fsp3) is 0.405. The zero-order chi connectivity index (χ0) is 36.8. The van der Waals surface area contributed by atoms with Crippen LogP contribution in [0.25, 0.3) is 0 Å². The Balaban J connectivity index is 1.73. The number of ether oxygens (including phenoxy) is 3. The van der Waals surface area contributed by atoms with Crippen molar-refractivity contribution in [1.29, 1.82) is 5.26 Å². The van der Waals surface area contributed by atoms with Crippen LogP contribution in [0.4, 0.5) is 8.78 Å². The van der Waals surface area contributed by atoms with E-state index in [0.717, 1.165) is 6.07 Å². The molecule has 1 aliphatic heterocycles. The van der Waals surface area contributed by atoms with Gasteiger partial charge >= 0.3 is 11.9 Å². The maximum Gasteiger partial charge on any atom is 0.338 e. The Morgan fingerprint density at radius 2 is 1.76 bits per heavy atom. The predicted molar refractivity (Wildman–Crippen MR) is 185 cm³/mol. The van der Waals surface area contributed by atoms with Crippen LogP contribution < -0.4 is 15.4 Å². The summed E-state index contributed by atoms with van der Waals surface area (Å²) in [6.45, 7) is 5.58. The van der Waals surface area contributed by atoms with E-state index in [1.54, 1.807) is 7.05 Å². The Hall–Kier alpha value is -4.08. The number of ketones is 1. The highest BCUT2D eigenvalue weighted by Crippen LogP contribution is 2.53. The molecule has 0 saturated carbocycles. The standard InChI is InChI=1S/C37H39Cl2F2N3O6/c1-36(2,3)18-30-37(20-42,25-12-11-23(38)17-27(25)40)32(24-7-6-8-26(39)33(24)41)34(44-30)28(45)15-21-9-10-22(16-29(21)48-5)35(47)50-14-13-49-31(46)19-43-4/h6-12,16-17,30,32,34,43-44H,13-15,18-19H2,1-5H3/t30-,32-,34-,37-/m0/s1. The highest BCUT2D eigenvalue weighted by Gasteiger charge is 2.60. The second-order valence-electron chi connectivity index (χ2n) is 13.2. The summed E-state index contributed by atoms with van der Waals surface area (Å²) >= 11 is 12.3. The van der Waals surface area contributed by atoms with E-state index in [2.05, 4.69) is 16.7 Å². The average Bonchev–Trinajstić information content (AvgIpc) is 3.37. The van der Waals surface area contributed by atoms with Crippen LogP contribution in [-0.4, -0.2) is 63.7 Å². The van der Waals surface area contributed by atoms with Crippen molar-refractivity contribution in [1.82, 2.24) is 10.6 Å². The molecule has 4 rings (SSSR count). The second-order valence-corrected chi connectivity index (χ2v) is 14.1. The molecule has 3 aromatic rings. The molecule has 1 aliphatic rings. The molecule has 4 atom stereocenters. The first-order valence-corrected chi connectivity index (χ1v) is 16.7. The predicted octanol–water partition coefficient (Wildman–Crippen LogP) is 6.33. The lowest BCUT2D eigenvalue weighted by molar-refractivity contribution is -0.143. The Labute approximate surface area is 300 Å². The van der Waals surface area contributed by atoms with E-state index in [4.69, 9.17) is 37.4 Å². The van der Waals surface area contributed by atoms with Gasteiger partial charge in [-0.15, -0.1) is 0 Å². The molecule has 0 bridgehead atoms. The van der Waals surface area contributed by atoms with E-state index in [9.17, 15) is 19.6 Å². The van der Waals surface area contributed by atoms with Crippen molar-refractivity contribution in [2.24, 2.45) is 5.41 Å². The van der Waals surface area contributed by atoms with Crippen molar-refractivity contribution in [2.45, 2.75) is 57.0 Å². The zero-order valence-electron chi connectivity index (χ0n) is 28.4. The molecule has 50 heavy (non-hydrogen) atoms. The van der Waals surface area contributed by atoms with Gasteiger partial charge in [-0.1, -0.05) is 68.2 Å². The lowest BCUT2D eigenvalue weighted by Crippen LogP contribution is -2.44. The number of hydrogen-bond donors (Lipinski definition) is 2. The summed E-state index contributed by atoms with van der Waals surface area (Å²) in [6.07, 6.45) is 0.0724. The maximum atomic E-state index is 16.0. The van der Waals surface area contributed by atoms with Crippen LogP contribution in [0.15, 0.2) is 54.6 Å². The third kappa shape index (κ3) is 8.44. The minimum atomic E-state index is -1.77. The molecule has 0 spiro atoms. The lowest BCUT2D eigenvalue weighted by Gasteiger charge is -2.37. The van der Waals surface area contributed by atoms with E-state index in [1.165, 1.54) is 55.6 Å². The molecule has 1 saturated heterocycles. The molecule has 0 aliphatic carbocycles. The van der Waals surface area contributed by atoms with Gasteiger partial charge in [-0.05, 0) is 54.8 Å². The van der Waals surface area contributed by atoms with Crippen molar-refractivity contribution in [3.05, 3.63) is 98.5 Å². The van der Waals surface area contributed by atoms with E-state index >= 15 is 8.78 Å². The van der Waals surface area contributed by atoms with Crippen LogP contribution >= 0.6 is 23.2 Å². The number of Topliss-reactive ketones (excluding diaryl/α,β-unsaturated/α-hetero) is 1. The van der Waals surface area contributed by atoms with Crippen molar-refractivity contribution in [3.8, 4) is 11.8 Å². The van der Waals surface area contributed by atoms with Gasteiger partial charge in [-0.25, -0.2) is 13.6 Å². The Bertz CT molecular complexity index is 1790. The normalized spacial score (nSPS) is 20.2. The number of halogens is 4. The Morgan fingerprint density at radius 3 is 2.40 bits per heavy atom. The van der Waals surface area contributed by atoms with Gasteiger partial charge in [0.25, 0.3) is 0 Å². The third-order valence-corrected chi connectivity index (χ3v) is 9.11. The van der Waals surface area contributed by atoms with Crippen LogP contribution in [0.1, 0.15) is 60.2 Å². The van der Waals surface area contributed by atoms with E-state index < -0.39 is 58.2 Å². The minimum absolute atomic E-state index is 0.0163. The summed E-state index contributed by atoms with van der Waals surface area (Å²) in [4.78, 5) is 38.6. The first-order valence-electron chi connectivity index (χ1n) is 15.9. The van der Waals surface area contributed by atoms with Crippen LogP contribution in [-0.2, 0) is 30.9 Å². The summed E-state index contributed by atoms with van der Waals surface area (Å²) in [5.74, 6) is -4.22. The van der Waals surface area contributed by atoms with Crippen LogP contribution in [0.3, 0.4) is 0 Å². The van der Waals surface area contributed by atoms with Crippen molar-refractivity contribution in [3.63, 3.8) is 0 Å². The van der Waals surface area contributed by atoms with Gasteiger partial charge in [0.2, 0.25) is 0 Å². The highest BCUT2D eigenvalue weighted by molar-refractivity contribution is 6.31. The maximum absolute atomic E-state index is 16.0. The Kier molecular flexibility index (Phi) is 12.6. The van der Waals surface area contributed by atoms with Gasteiger partial charge in [-0.3, -0.25) is 9.59 Å². The molecule has 0 aromatic heterocycles. The number of carbonyl (C=O) groups is 3. The number of likely N-dealkylation sites (N-methyl/N-ethyl adjacent to an activating group) is 1. The van der Waals surface area contributed by atoms with E-state index in [0.29, 0.717) is 12.0 Å². The largest absolute Gasteiger partial charge is 0.496 e. The molecular weight excluding hydrogens is 691 g/mol. The van der Waals surface area contributed by atoms with E-state index in [1.807, 2.05) is 20.8 Å². The first-order chi connectivity index (χ1) is 23.7. The molecule has 1 fully saturated rings. The first kappa shape index (κ1) is 38.7. The molecule has 9 nitrogen and oxygen atoms in total. The molecule has 266 valence electrons. The number of nitrogens with one attached hydrogen (secondary N) is 2. The summed E-state index contributed by atoms with van der Waals surface area (Å²) in [5.41, 5.74) is -1.68. The van der Waals surface area contributed by atoms with Gasteiger partial charge in [0.05, 0.1) is 36.4 Å². The monoisotopic (exact) mass is 729 g/mol. The van der Waals surface area contributed by atoms with Crippen molar-refractivity contribution in [2.75, 3.05) is 33.9 Å². The number of benzene rings is 3. The molecular formula is C37H39Cl2F2N3O6. The van der Waals surface area contributed by atoms with Crippen LogP contribution in [0.5, 0.6) is 5.75 Å². The number of esters is 2. The van der Waals surface area contributed by atoms with Gasteiger partial charge in [0.15, 0.2) is 5.78 Å². The molecule has 3 aromatic carbocycles. The van der Waals surface area contributed by atoms with Gasteiger partial charge in [-0.2, -0.15) is 5.26 Å². The quantitative estimate of drug-likeness (QED) is 0.153. The summed E-state index contributed by atoms with van der Waals surface area (Å²) in [5, 5.41) is 16.9. The molecule has 0 radical (unpaired) electrons. The topological polar surface area (TPSA) is 127 Å². The minimum Gasteiger partial charge on any atom is -0.496 e. The number of rotatable bonds is 13. The highest BCUT2D eigenvalue weighted by atomic mass is 35.5. The molecule has 13 heteroatoms. The fourth-order valence-electron chi connectivity index (χ4n) is 6.49. The molecule has 1 heterocycles. The smallest absolute Gasteiger partial charge is 0.338 e. The van der Waals surface area contributed by atoms with Crippen LogP contribution in [0, 0.1) is 28.4 Å². The Morgan fingerprint density at radius 1 is 1.04 bits per heavy atom. The number of nitrogens with zero attached hydrogens (tertiary/aromatic N) is 1. The number of nitriles is 1. The third-order valence-electron chi connectivity index (χ3n) is 8.58. The SMILES string of the molecule is CNCC(=O)OCCOC(=O)c1ccc(CC(=O)[C@@H]2N[C@@H](CC(C)(C)C)[C@](C#N)(c3ccc(Cl)cc3F)[C@H]2c2cccc(Cl)c2F)c(OC)c1. The van der Waals surface area contributed by atoms with Gasteiger partial charge in [0, 0.05) is 34.5 Å². The van der Waals surface area contributed by atoms with E-state index in [-0.39, 0.29) is 58.7 Å². The molecule has 0 amide bonds. The average molecular weight is 731 g/mol. The number of hydrogen-bond acceptors (Lipinski definition) is 9. The summed E-state index contributed by atoms with van der Waals surface area (Å²) in [6, 6.07) is 13.1. The van der Waals surface area contributed by atoms with Crippen LogP contribution in [0.2, 0.25) is 10.0 Å². The number of methoxy groups -OCH3 is 1. The lowest BCUT2D eigenvalue weighted by atomic mass is 9.62. The fourth-order valence-corrected chi connectivity index (χ4v) is 6.83.